The van der Waals surface area contributed by atoms with Gasteiger partial charge in [0.25, 0.3) is 5.91 Å². The molecule has 0 saturated carbocycles. The minimum absolute atomic E-state index is 0.0392. The SMILES string of the molecule is CCCCCOc1ccc(C2C(C(=O)c3cc4ccccc4o3)=C(O)C(=O)N2c2nc3ccc(OC)cc3s2)cc1. The fraction of sp³-hybridized carbons (Fsp3) is 0.219. The molecule has 1 aliphatic rings. The Morgan fingerprint density at radius 3 is 2.59 bits per heavy atom. The summed E-state index contributed by atoms with van der Waals surface area (Å²) in [6.45, 7) is 2.74. The van der Waals surface area contributed by atoms with E-state index in [1.807, 2.05) is 42.5 Å². The van der Waals surface area contributed by atoms with E-state index in [1.165, 1.54) is 16.2 Å². The van der Waals surface area contributed by atoms with Crippen molar-refractivity contribution in [3.8, 4) is 11.5 Å². The van der Waals surface area contributed by atoms with E-state index >= 15 is 0 Å². The summed E-state index contributed by atoms with van der Waals surface area (Å²) in [6.07, 6.45) is 3.14. The molecule has 8 nitrogen and oxygen atoms in total. The van der Waals surface area contributed by atoms with Gasteiger partial charge in [-0.1, -0.05) is 61.4 Å². The Hall–Kier alpha value is -4.63. The summed E-state index contributed by atoms with van der Waals surface area (Å²) >= 11 is 1.28. The van der Waals surface area contributed by atoms with E-state index in [0.717, 1.165) is 29.3 Å². The van der Waals surface area contributed by atoms with E-state index in [4.69, 9.17) is 13.9 Å². The summed E-state index contributed by atoms with van der Waals surface area (Å²) in [5.74, 6) is -0.517. The zero-order chi connectivity index (χ0) is 28.5. The van der Waals surface area contributed by atoms with E-state index in [0.29, 0.717) is 39.9 Å². The molecule has 2 aromatic heterocycles. The molecule has 0 bridgehead atoms. The number of furan rings is 1. The average molecular weight is 569 g/mol. The highest BCUT2D eigenvalue weighted by Crippen LogP contribution is 2.45. The van der Waals surface area contributed by atoms with Crippen molar-refractivity contribution in [1.82, 2.24) is 4.98 Å². The summed E-state index contributed by atoms with van der Waals surface area (Å²) < 4.78 is 17.9. The van der Waals surface area contributed by atoms with Crippen LogP contribution in [0.5, 0.6) is 11.5 Å². The number of anilines is 1. The van der Waals surface area contributed by atoms with E-state index in [2.05, 4.69) is 11.9 Å². The van der Waals surface area contributed by atoms with Gasteiger partial charge in [0.1, 0.15) is 17.1 Å². The van der Waals surface area contributed by atoms with Crippen molar-refractivity contribution in [2.45, 2.75) is 32.2 Å². The topological polar surface area (TPSA) is 102 Å². The van der Waals surface area contributed by atoms with Crippen molar-refractivity contribution in [1.29, 1.82) is 0 Å². The summed E-state index contributed by atoms with van der Waals surface area (Å²) in [4.78, 5) is 33.6. The second kappa shape index (κ2) is 11.1. The molecule has 6 rings (SSSR count). The number of fused-ring (bicyclic) bond motifs is 2. The van der Waals surface area contributed by atoms with Crippen molar-refractivity contribution in [3.05, 3.63) is 95.5 Å². The highest BCUT2D eigenvalue weighted by molar-refractivity contribution is 7.22. The minimum Gasteiger partial charge on any atom is -0.503 e. The van der Waals surface area contributed by atoms with Gasteiger partial charge in [-0.3, -0.25) is 14.5 Å². The van der Waals surface area contributed by atoms with Gasteiger partial charge in [-0.2, -0.15) is 0 Å². The van der Waals surface area contributed by atoms with Gasteiger partial charge in [-0.05, 0) is 54.4 Å². The van der Waals surface area contributed by atoms with Crippen LogP contribution in [0.15, 0.2) is 88.5 Å². The zero-order valence-electron chi connectivity index (χ0n) is 22.6. The standard InChI is InChI=1S/C32H28N2O6S/c1-3-4-7-16-39-21-12-10-19(11-13-21)28-27(29(35)25-17-20-8-5-6-9-24(20)40-25)30(36)31(37)34(28)32-33-23-15-14-22(38-2)18-26(23)41-32/h5-6,8-15,17-18,28,36H,3-4,7,16H2,1-2H3. The molecule has 41 heavy (non-hydrogen) atoms. The molecule has 1 amide bonds. The van der Waals surface area contributed by atoms with Crippen molar-refractivity contribution < 1.29 is 28.6 Å². The highest BCUT2D eigenvalue weighted by Gasteiger charge is 2.46. The summed E-state index contributed by atoms with van der Waals surface area (Å²) in [5, 5.41) is 12.3. The molecule has 0 radical (unpaired) electrons. The second-order valence-corrected chi connectivity index (χ2v) is 10.8. The quantitative estimate of drug-likeness (QED) is 0.138. The first-order valence-electron chi connectivity index (χ1n) is 13.5. The number of carbonyl (C=O) groups is 2. The summed E-state index contributed by atoms with van der Waals surface area (Å²) in [5.41, 5.74) is 1.77. The van der Waals surface area contributed by atoms with Gasteiger partial charge < -0.3 is 19.0 Å². The monoisotopic (exact) mass is 568 g/mol. The first-order valence-corrected chi connectivity index (χ1v) is 14.3. The molecular weight excluding hydrogens is 540 g/mol. The van der Waals surface area contributed by atoms with Crippen molar-refractivity contribution >= 4 is 49.3 Å². The number of aliphatic hydroxyl groups is 1. The number of ketones is 1. The van der Waals surface area contributed by atoms with Crippen molar-refractivity contribution in [2.75, 3.05) is 18.6 Å². The third kappa shape index (κ3) is 4.93. The maximum Gasteiger partial charge on any atom is 0.296 e. The molecule has 1 aliphatic heterocycles. The number of rotatable bonds is 10. The van der Waals surface area contributed by atoms with Crippen molar-refractivity contribution in [2.24, 2.45) is 0 Å². The lowest BCUT2D eigenvalue weighted by atomic mass is 9.95. The molecule has 1 atom stereocenters. The van der Waals surface area contributed by atoms with E-state index in [-0.39, 0.29) is 11.3 Å². The number of thiazole rings is 1. The Bertz CT molecular complexity index is 1750. The molecule has 9 heteroatoms. The van der Waals surface area contributed by atoms with Gasteiger partial charge in [-0.15, -0.1) is 0 Å². The molecule has 0 spiro atoms. The number of para-hydroxylation sites is 1. The Morgan fingerprint density at radius 2 is 1.83 bits per heavy atom. The average Bonchev–Trinajstić information content (AvgIpc) is 3.69. The Kier molecular flexibility index (Phi) is 7.19. The molecule has 0 saturated heterocycles. The van der Waals surface area contributed by atoms with Crippen LogP contribution in [-0.4, -0.2) is 35.5 Å². The fourth-order valence-electron chi connectivity index (χ4n) is 4.99. The fourth-order valence-corrected chi connectivity index (χ4v) is 6.01. The minimum atomic E-state index is -0.931. The number of amides is 1. The predicted molar refractivity (Wildman–Crippen MR) is 158 cm³/mol. The predicted octanol–water partition coefficient (Wildman–Crippen LogP) is 7.40. The van der Waals surface area contributed by atoms with Gasteiger partial charge in [0.15, 0.2) is 16.7 Å². The second-order valence-electron chi connectivity index (χ2n) is 9.77. The normalized spacial score (nSPS) is 15.3. The number of hydrogen-bond donors (Lipinski definition) is 1. The Morgan fingerprint density at radius 1 is 1.05 bits per heavy atom. The van der Waals surface area contributed by atoms with Crippen LogP contribution in [-0.2, 0) is 4.79 Å². The van der Waals surface area contributed by atoms with Crippen LogP contribution in [0.25, 0.3) is 21.2 Å². The molecule has 1 unspecified atom stereocenters. The number of ether oxygens (including phenoxy) is 2. The van der Waals surface area contributed by atoms with Crippen LogP contribution in [0.3, 0.4) is 0 Å². The van der Waals surface area contributed by atoms with Crippen LogP contribution in [0.1, 0.15) is 48.3 Å². The number of carbonyl (C=O) groups excluding carboxylic acids is 2. The maximum absolute atomic E-state index is 13.9. The molecule has 0 fully saturated rings. The molecule has 5 aromatic rings. The lowest BCUT2D eigenvalue weighted by Gasteiger charge is -2.24. The van der Waals surface area contributed by atoms with Crippen LogP contribution >= 0.6 is 11.3 Å². The molecule has 3 aromatic carbocycles. The molecule has 3 heterocycles. The summed E-state index contributed by atoms with van der Waals surface area (Å²) in [6, 6.07) is 20.6. The largest absolute Gasteiger partial charge is 0.503 e. The van der Waals surface area contributed by atoms with Gasteiger partial charge in [0.2, 0.25) is 5.78 Å². The highest BCUT2D eigenvalue weighted by atomic mass is 32.1. The van der Waals surface area contributed by atoms with Crippen LogP contribution in [0.2, 0.25) is 0 Å². The first-order chi connectivity index (χ1) is 20.0. The van der Waals surface area contributed by atoms with Crippen LogP contribution in [0.4, 0.5) is 5.13 Å². The number of aromatic nitrogens is 1. The molecular formula is C32H28N2O6S. The number of unbranched alkanes of at least 4 members (excludes halogenated alkanes) is 2. The van der Waals surface area contributed by atoms with Crippen LogP contribution in [0, 0.1) is 0 Å². The summed E-state index contributed by atoms with van der Waals surface area (Å²) in [7, 11) is 1.58. The number of aliphatic hydroxyl groups excluding tert-OH is 1. The molecule has 0 aliphatic carbocycles. The number of Topliss-reactive ketones (excluding diaryl/α,β-unsaturated/α-hetero) is 1. The Labute approximate surface area is 240 Å². The van der Waals surface area contributed by atoms with Gasteiger partial charge in [0.05, 0.1) is 35.5 Å². The van der Waals surface area contributed by atoms with Crippen molar-refractivity contribution in [3.63, 3.8) is 0 Å². The number of hydrogen-bond acceptors (Lipinski definition) is 8. The lowest BCUT2D eigenvalue weighted by Crippen LogP contribution is -2.30. The van der Waals surface area contributed by atoms with Crippen LogP contribution < -0.4 is 14.4 Å². The van der Waals surface area contributed by atoms with E-state index < -0.39 is 23.5 Å². The van der Waals surface area contributed by atoms with E-state index in [1.54, 1.807) is 37.4 Å². The molecule has 1 N–H and O–H groups in total. The first kappa shape index (κ1) is 26.6. The maximum atomic E-state index is 13.9. The van der Waals surface area contributed by atoms with E-state index in [9.17, 15) is 14.7 Å². The van der Waals surface area contributed by atoms with Gasteiger partial charge in [-0.25, -0.2) is 4.98 Å². The smallest absolute Gasteiger partial charge is 0.296 e. The van der Waals surface area contributed by atoms with Gasteiger partial charge in [0, 0.05) is 5.39 Å². The number of methoxy groups -OCH3 is 1. The lowest BCUT2D eigenvalue weighted by molar-refractivity contribution is -0.117. The number of nitrogens with zero attached hydrogens (tertiary/aromatic N) is 2. The zero-order valence-corrected chi connectivity index (χ0v) is 23.4. The molecule has 208 valence electrons. The third-order valence-corrected chi connectivity index (χ3v) is 8.12. The Balaban J connectivity index is 1.42. The number of benzene rings is 3. The third-order valence-electron chi connectivity index (χ3n) is 7.10. The van der Waals surface area contributed by atoms with Gasteiger partial charge >= 0.3 is 0 Å².